The third-order valence-electron chi connectivity index (χ3n) is 3.87. The molecule has 19 heavy (non-hydrogen) atoms. The Morgan fingerprint density at radius 3 is 2.00 bits per heavy atom. The van der Waals surface area contributed by atoms with Crippen LogP contribution in [0, 0.1) is 0 Å². The van der Waals surface area contributed by atoms with E-state index in [9.17, 15) is 0 Å². The summed E-state index contributed by atoms with van der Waals surface area (Å²) in [6.07, 6.45) is 3.32. The van der Waals surface area contributed by atoms with Crippen molar-refractivity contribution in [1.82, 2.24) is 9.80 Å². The van der Waals surface area contributed by atoms with Crippen LogP contribution in [-0.4, -0.2) is 68.6 Å². The number of nitrogens with zero attached hydrogens (tertiary/aromatic N) is 2. The van der Waals surface area contributed by atoms with Crippen molar-refractivity contribution in [2.75, 3.05) is 52.5 Å². The van der Waals surface area contributed by atoms with E-state index >= 15 is 0 Å². The maximum Gasteiger partial charge on any atom is 0.158 e. The normalized spacial score (nSPS) is 17.5. The van der Waals surface area contributed by atoms with E-state index in [2.05, 4.69) is 30.6 Å². The third-order valence-corrected chi connectivity index (χ3v) is 3.87. The molecule has 1 heterocycles. The minimum absolute atomic E-state index is 0.0329. The number of ether oxygens (including phenoxy) is 2. The summed E-state index contributed by atoms with van der Waals surface area (Å²) in [5.74, 6) is 0. The Balaban J connectivity index is 2.10. The lowest BCUT2D eigenvalue weighted by Gasteiger charge is -2.27. The van der Waals surface area contributed by atoms with E-state index < -0.39 is 0 Å². The molecule has 1 fully saturated rings. The highest BCUT2D eigenvalue weighted by Gasteiger charge is 2.15. The largest absolute Gasteiger partial charge is 0.353 e. The molecule has 1 rings (SSSR count). The summed E-state index contributed by atoms with van der Waals surface area (Å²) in [4.78, 5) is 4.99. The molecule has 1 aliphatic heterocycles. The van der Waals surface area contributed by atoms with E-state index in [4.69, 9.17) is 9.47 Å². The highest BCUT2D eigenvalue weighted by Crippen LogP contribution is 2.09. The molecule has 0 aromatic carbocycles. The van der Waals surface area contributed by atoms with Gasteiger partial charge in [0, 0.05) is 13.0 Å². The smallest absolute Gasteiger partial charge is 0.158 e. The topological polar surface area (TPSA) is 24.9 Å². The monoisotopic (exact) mass is 272 g/mol. The van der Waals surface area contributed by atoms with Gasteiger partial charge < -0.3 is 19.3 Å². The quantitative estimate of drug-likeness (QED) is 0.609. The van der Waals surface area contributed by atoms with Crippen LogP contribution in [0.2, 0.25) is 0 Å². The summed E-state index contributed by atoms with van der Waals surface area (Å²) in [5.41, 5.74) is 0. The Morgan fingerprint density at radius 1 is 0.842 bits per heavy atom. The van der Waals surface area contributed by atoms with Crippen molar-refractivity contribution in [3.63, 3.8) is 0 Å². The summed E-state index contributed by atoms with van der Waals surface area (Å²) in [6.45, 7) is 15.3. The van der Waals surface area contributed by atoms with Gasteiger partial charge in [0.1, 0.15) is 0 Å². The molecule has 0 amide bonds. The van der Waals surface area contributed by atoms with Gasteiger partial charge >= 0.3 is 0 Å². The summed E-state index contributed by atoms with van der Waals surface area (Å²) in [7, 11) is 0. The number of hydrogen-bond donors (Lipinski definition) is 0. The Hall–Kier alpha value is -0.160. The van der Waals surface area contributed by atoms with Gasteiger partial charge in [0.15, 0.2) is 6.29 Å². The van der Waals surface area contributed by atoms with E-state index in [1.807, 2.05) is 0 Å². The van der Waals surface area contributed by atoms with Crippen LogP contribution in [0.4, 0.5) is 0 Å². The molecule has 0 saturated carbocycles. The first-order valence-electron chi connectivity index (χ1n) is 7.98. The first-order valence-corrected chi connectivity index (χ1v) is 7.98. The fourth-order valence-electron chi connectivity index (χ4n) is 2.48. The summed E-state index contributed by atoms with van der Waals surface area (Å²) < 4.78 is 11.2. The molecule has 0 aliphatic carbocycles. The second-order valence-electron chi connectivity index (χ2n) is 5.13. The van der Waals surface area contributed by atoms with Crippen LogP contribution in [-0.2, 0) is 9.47 Å². The second-order valence-corrected chi connectivity index (χ2v) is 5.13. The fourth-order valence-corrected chi connectivity index (χ4v) is 2.48. The van der Waals surface area contributed by atoms with E-state index in [1.54, 1.807) is 0 Å². The lowest BCUT2D eigenvalue weighted by atomic mass is 10.3. The summed E-state index contributed by atoms with van der Waals surface area (Å²) >= 11 is 0. The second kappa shape index (κ2) is 10.6. The van der Waals surface area contributed by atoms with Crippen molar-refractivity contribution in [2.45, 2.75) is 46.3 Å². The molecule has 0 aromatic heterocycles. The maximum atomic E-state index is 5.59. The van der Waals surface area contributed by atoms with Crippen molar-refractivity contribution in [1.29, 1.82) is 0 Å². The average molecular weight is 272 g/mol. The van der Waals surface area contributed by atoms with Gasteiger partial charge in [-0.2, -0.15) is 0 Å². The molecule has 0 bridgehead atoms. The van der Waals surface area contributed by atoms with Gasteiger partial charge in [0.25, 0.3) is 0 Å². The lowest BCUT2D eigenvalue weighted by Crippen LogP contribution is -2.34. The SMILES string of the molecule is CCN(CC)CCCN(CC)CCC1OCCCO1. The van der Waals surface area contributed by atoms with Gasteiger partial charge in [0.05, 0.1) is 13.2 Å². The van der Waals surface area contributed by atoms with Crippen LogP contribution >= 0.6 is 0 Å². The molecule has 0 spiro atoms. The minimum Gasteiger partial charge on any atom is -0.353 e. The molecule has 1 saturated heterocycles. The molecule has 0 aromatic rings. The fraction of sp³-hybridized carbons (Fsp3) is 1.00. The van der Waals surface area contributed by atoms with E-state index in [0.717, 1.165) is 52.2 Å². The highest BCUT2D eigenvalue weighted by atomic mass is 16.7. The van der Waals surface area contributed by atoms with Gasteiger partial charge in [-0.05, 0) is 45.6 Å². The molecule has 114 valence electrons. The molecule has 4 heteroatoms. The Morgan fingerprint density at radius 2 is 1.42 bits per heavy atom. The molecule has 0 unspecified atom stereocenters. The van der Waals surface area contributed by atoms with Crippen LogP contribution in [0.15, 0.2) is 0 Å². The molecule has 0 radical (unpaired) electrons. The molecule has 0 N–H and O–H groups in total. The van der Waals surface area contributed by atoms with Crippen LogP contribution in [0.25, 0.3) is 0 Å². The van der Waals surface area contributed by atoms with Crippen molar-refractivity contribution in [2.24, 2.45) is 0 Å². The first-order chi connectivity index (χ1) is 9.30. The molecule has 1 aliphatic rings. The van der Waals surface area contributed by atoms with Crippen LogP contribution in [0.3, 0.4) is 0 Å². The maximum absolute atomic E-state index is 5.59. The summed E-state index contributed by atoms with van der Waals surface area (Å²) in [5, 5.41) is 0. The predicted octanol–water partition coefficient (Wildman–Crippen LogP) is 2.19. The van der Waals surface area contributed by atoms with E-state index in [1.165, 1.54) is 19.5 Å². The first kappa shape index (κ1) is 16.9. The van der Waals surface area contributed by atoms with Crippen LogP contribution in [0.1, 0.15) is 40.0 Å². The van der Waals surface area contributed by atoms with E-state index in [-0.39, 0.29) is 6.29 Å². The Kier molecular flexibility index (Phi) is 9.43. The molecule has 0 atom stereocenters. The van der Waals surface area contributed by atoms with Crippen LogP contribution < -0.4 is 0 Å². The Bertz CT molecular complexity index is 204. The summed E-state index contributed by atoms with van der Waals surface area (Å²) in [6, 6.07) is 0. The average Bonchev–Trinajstić information content (AvgIpc) is 2.48. The number of hydrogen-bond acceptors (Lipinski definition) is 4. The zero-order valence-electron chi connectivity index (χ0n) is 13.1. The van der Waals surface area contributed by atoms with Gasteiger partial charge in [-0.25, -0.2) is 0 Å². The highest BCUT2D eigenvalue weighted by molar-refractivity contribution is 4.61. The molecular formula is C15H32N2O2. The van der Waals surface area contributed by atoms with Crippen LogP contribution in [0.5, 0.6) is 0 Å². The third kappa shape index (κ3) is 7.25. The lowest BCUT2D eigenvalue weighted by molar-refractivity contribution is -0.182. The van der Waals surface area contributed by atoms with Crippen molar-refractivity contribution < 1.29 is 9.47 Å². The van der Waals surface area contributed by atoms with Gasteiger partial charge in [0.2, 0.25) is 0 Å². The van der Waals surface area contributed by atoms with E-state index in [0.29, 0.717) is 0 Å². The Labute approximate surface area is 119 Å². The molecular weight excluding hydrogens is 240 g/mol. The molecule has 4 nitrogen and oxygen atoms in total. The zero-order valence-corrected chi connectivity index (χ0v) is 13.1. The van der Waals surface area contributed by atoms with Crippen molar-refractivity contribution >= 4 is 0 Å². The van der Waals surface area contributed by atoms with Gasteiger partial charge in [-0.15, -0.1) is 0 Å². The van der Waals surface area contributed by atoms with Gasteiger partial charge in [-0.3, -0.25) is 0 Å². The minimum atomic E-state index is 0.0329. The van der Waals surface area contributed by atoms with Gasteiger partial charge in [-0.1, -0.05) is 20.8 Å². The van der Waals surface area contributed by atoms with Crippen molar-refractivity contribution in [3.8, 4) is 0 Å². The van der Waals surface area contributed by atoms with Crippen molar-refractivity contribution in [3.05, 3.63) is 0 Å². The zero-order chi connectivity index (χ0) is 13.9. The predicted molar refractivity (Wildman–Crippen MR) is 79.4 cm³/mol. The standard InChI is InChI=1S/C15H32N2O2/c1-4-16(5-2)10-7-11-17(6-3)12-9-15-18-13-8-14-19-15/h15H,4-14H2,1-3H3. The number of rotatable bonds is 10.